The van der Waals surface area contributed by atoms with Gasteiger partial charge in [0, 0.05) is 97.1 Å². The van der Waals surface area contributed by atoms with Crippen molar-refractivity contribution >= 4 is 34.7 Å². The molecular weight excluding hydrogens is 1090 g/mol. The molecule has 11 rings (SSSR count). The predicted molar refractivity (Wildman–Crippen MR) is 292 cm³/mol. The molecule has 22 nitrogen and oxygen atoms in total. The van der Waals surface area contributed by atoms with Crippen LogP contribution in [-0.2, 0) is 54.5 Å². The molecule has 0 bridgehead atoms. The van der Waals surface area contributed by atoms with Crippen LogP contribution in [0.1, 0.15) is 163 Å². The Morgan fingerprint density at radius 3 is 1.25 bits per heavy atom. The van der Waals surface area contributed by atoms with Crippen molar-refractivity contribution in [1.82, 2.24) is 10.6 Å². The molecule has 6 aliphatic rings. The molecule has 0 unspecified atom stereocenters. The highest BCUT2D eigenvalue weighted by molar-refractivity contribution is 6.32. The summed E-state index contributed by atoms with van der Waals surface area (Å²) in [5, 5.41) is 100. The minimum Gasteiger partial charge on any atom is -0.507 e. The third kappa shape index (κ3) is 9.63. The van der Waals surface area contributed by atoms with Crippen molar-refractivity contribution in [3.8, 4) is 34.5 Å². The number of nitrogens with one attached hydrogen (secondary N) is 2. The summed E-state index contributed by atoms with van der Waals surface area (Å²) in [5.41, 5.74) is -5.35. The molecule has 84 heavy (non-hydrogen) atoms. The number of Topliss-reactive ketones (excluding diaryl/α,β-unsaturated/α-hetero) is 2. The van der Waals surface area contributed by atoms with E-state index in [1.54, 1.807) is 13.8 Å². The second-order valence-electron chi connectivity index (χ2n) is 22.7. The number of rotatable bonds is 14. The number of aliphatic hydroxyl groups is 4. The lowest BCUT2D eigenvalue weighted by atomic mass is 9.72. The largest absolute Gasteiger partial charge is 0.507 e. The summed E-state index contributed by atoms with van der Waals surface area (Å²) in [7, 11) is 2.65. The number of phenols is 4. The molecule has 5 aromatic carbocycles. The molecule has 0 amide bonds. The van der Waals surface area contributed by atoms with Crippen LogP contribution in [0.25, 0.3) is 0 Å². The van der Waals surface area contributed by atoms with E-state index in [9.17, 15) is 69.6 Å². The van der Waals surface area contributed by atoms with Crippen molar-refractivity contribution < 1.29 is 98.0 Å². The fourth-order valence-corrected chi connectivity index (χ4v) is 12.9. The Hall–Kier alpha value is -7.48. The monoisotopic (exact) mass is 1160 g/mol. The van der Waals surface area contributed by atoms with Crippen LogP contribution in [0, 0.1) is 0 Å². The third-order valence-electron chi connectivity index (χ3n) is 17.7. The number of ether oxygens (including phenoxy) is 6. The number of carbonyl (C=O) groups is 6. The van der Waals surface area contributed by atoms with Crippen LogP contribution in [0.2, 0.25) is 0 Å². The van der Waals surface area contributed by atoms with Crippen molar-refractivity contribution in [2.45, 2.75) is 152 Å². The van der Waals surface area contributed by atoms with Gasteiger partial charge in [-0.1, -0.05) is 48.5 Å². The van der Waals surface area contributed by atoms with Gasteiger partial charge in [0.05, 0.1) is 84.2 Å². The first-order valence-corrected chi connectivity index (χ1v) is 27.6. The summed E-state index contributed by atoms with van der Waals surface area (Å²) in [6, 6.07) is 14.9. The number of fused-ring (bicyclic) bond motifs is 6. The zero-order chi connectivity index (χ0) is 60.2. The predicted octanol–water partition coefficient (Wildman–Crippen LogP) is 4.03. The smallest absolute Gasteiger partial charge is 0.202 e. The van der Waals surface area contributed by atoms with E-state index < -0.39 is 178 Å². The number of phenolic OH excluding ortho intramolecular Hbond substituents is 4. The first kappa shape index (κ1) is 58.3. The highest BCUT2D eigenvalue weighted by atomic mass is 16.7. The lowest BCUT2D eigenvalue weighted by Crippen LogP contribution is -2.54. The Morgan fingerprint density at radius 1 is 0.548 bits per heavy atom. The van der Waals surface area contributed by atoms with E-state index in [-0.39, 0.29) is 81.9 Å². The first-order chi connectivity index (χ1) is 39.9. The van der Waals surface area contributed by atoms with E-state index in [1.807, 2.05) is 24.3 Å². The van der Waals surface area contributed by atoms with Gasteiger partial charge in [0.25, 0.3) is 0 Å². The summed E-state index contributed by atoms with van der Waals surface area (Å²) in [6.07, 6.45) is -10.5. The average molecular weight is 1160 g/mol. The normalized spacial score (nSPS) is 28.7. The number of aromatic hydroxyl groups is 4. The molecule has 10 N–H and O–H groups in total. The second kappa shape index (κ2) is 21.9. The minimum atomic E-state index is -2.12. The highest BCUT2D eigenvalue weighted by Gasteiger charge is 2.52. The van der Waals surface area contributed by atoms with Crippen molar-refractivity contribution in [3.63, 3.8) is 0 Å². The number of ketones is 6. The number of hydrogen-bond acceptors (Lipinski definition) is 22. The van der Waals surface area contributed by atoms with E-state index in [2.05, 4.69) is 10.6 Å². The molecule has 0 aromatic heterocycles. The first-order valence-electron chi connectivity index (χ1n) is 27.6. The molecule has 12 atom stereocenters. The van der Waals surface area contributed by atoms with Gasteiger partial charge in [0.15, 0.2) is 35.7 Å². The van der Waals surface area contributed by atoms with Gasteiger partial charge in [-0.3, -0.25) is 28.8 Å². The lowest BCUT2D eigenvalue weighted by Gasteiger charge is -2.43. The highest BCUT2D eigenvalue weighted by Crippen LogP contribution is 2.55. The molecular formula is C62H64N2O20. The number of carbonyl (C=O) groups excluding carboxylic acids is 6. The second-order valence-corrected chi connectivity index (χ2v) is 22.7. The Labute approximate surface area is 480 Å². The molecule has 2 saturated heterocycles. The number of hydrogen-bond donors (Lipinski definition) is 10. The quantitative estimate of drug-likeness (QED) is 0.0687. The Kier molecular flexibility index (Phi) is 15.2. The van der Waals surface area contributed by atoms with Gasteiger partial charge in [-0.2, -0.15) is 0 Å². The van der Waals surface area contributed by atoms with Crippen molar-refractivity contribution in [3.05, 3.63) is 139 Å². The van der Waals surface area contributed by atoms with Gasteiger partial charge in [-0.25, -0.2) is 0 Å². The SMILES string of the molecule is COc1cccc2c1C(=O)c1c(O)c3c(c(O)c1C2=O)C[C@@](O)(C(C)=O)C[C@@H]3O[C@H]1C[C@H](NCc2ccc(CN[C@@H]3C[C@@H](O[C@H]4C[C@](O)(C(C)=O)Cc5c(O)c6c(c(O)c54)C(=O)c4c(OC)cccc4C6=O)O[C@H](C)[C@@H]3O)cc2)[C@H](O)[C@H](C)O1. The van der Waals surface area contributed by atoms with Crippen LogP contribution in [0.3, 0.4) is 0 Å². The van der Waals surface area contributed by atoms with Gasteiger partial charge < -0.3 is 79.9 Å². The molecule has 0 spiro atoms. The van der Waals surface area contributed by atoms with Crippen LogP contribution in [0.15, 0.2) is 60.7 Å². The van der Waals surface area contributed by atoms with Crippen molar-refractivity contribution in [1.29, 1.82) is 0 Å². The fourth-order valence-electron chi connectivity index (χ4n) is 12.9. The minimum absolute atomic E-state index is 0.0237. The maximum absolute atomic E-state index is 14.1. The molecule has 442 valence electrons. The summed E-state index contributed by atoms with van der Waals surface area (Å²) >= 11 is 0. The summed E-state index contributed by atoms with van der Waals surface area (Å²) in [5.74, 6) is -7.00. The Morgan fingerprint density at radius 2 is 0.905 bits per heavy atom. The number of methoxy groups -OCH3 is 2. The Bertz CT molecular complexity index is 3370. The van der Waals surface area contributed by atoms with E-state index in [0.29, 0.717) is 0 Å². The van der Waals surface area contributed by atoms with Gasteiger partial charge in [0.2, 0.25) is 11.6 Å². The molecule has 2 heterocycles. The molecule has 0 radical (unpaired) electrons. The summed E-state index contributed by atoms with van der Waals surface area (Å²) in [6.45, 7) is 6.11. The maximum atomic E-state index is 14.1. The zero-order valence-corrected chi connectivity index (χ0v) is 46.7. The molecule has 2 aliphatic heterocycles. The van der Waals surface area contributed by atoms with E-state index in [1.165, 1.54) is 50.6 Å². The fraction of sp³-hybridized carbons (Fsp3) is 0.419. The van der Waals surface area contributed by atoms with Gasteiger partial charge in [-0.15, -0.1) is 0 Å². The summed E-state index contributed by atoms with van der Waals surface area (Å²) < 4.78 is 35.9. The van der Waals surface area contributed by atoms with Gasteiger partial charge >= 0.3 is 0 Å². The van der Waals surface area contributed by atoms with Gasteiger partial charge in [-0.05, 0) is 51.0 Å². The van der Waals surface area contributed by atoms with Crippen molar-refractivity contribution in [2.75, 3.05) is 14.2 Å². The average Bonchev–Trinajstić information content (AvgIpc) is 1.06. The lowest BCUT2D eigenvalue weighted by molar-refractivity contribution is -0.250. The van der Waals surface area contributed by atoms with Crippen LogP contribution in [0.5, 0.6) is 34.5 Å². The topological polar surface area (TPSA) is 344 Å². The van der Waals surface area contributed by atoms with Crippen LogP contribution >= 0.6 is 0 Å². The molecule has 4 aliphatic carbocycles. The molecule has 0 saturated carbocycles. The molecule has 5 aromatic rings. The third-order valence-corrected chi connectivity index (χ3v) is 17.7. The Balaban J connectivity index is 0.763. The molecule has 22 heteroatoms. The van der Waals surface area contributed by atoms with Crippen LogP contribution in [-0.4, -0.2) is 150 Å². The van der Waals surface area contributed by atoms with Crippen LogP contribution < -0.4 is 20.1 Å². The van der Waals surface area contributed by atoms with E-state index in [0.717, 1.165) is 25.0 Å². The standard InChI is InChI=1S/C62H64N2O20/c1-25-51(67)35(17-41(81-25)83-39-21-61(77,27(3)65)19-33-45(39)59(75)49-47(55(33)71)53(69)31-9-7-11-37(79-5)43(31)57(49)73)63-23-29-13-15-30(16-14-29)24-64-36-18-42(82-26(2)52(36)68)84-40-22-62(78,28(4)66)20-34-46(40)60(76)50-48(56(34)72)54(70)32-10-8-12-38(80-6)44(32)58(50)74/h7-16,25-26,35-36,39-42,51-52,63-64,67-68,71-72,75-78H,17-24H2,1-6H3/t25-,26+,35-,36+,39-,40-,41-,42+,51+,52-,61-,62-/m0/s1. The van der Waals surface area contributed by atoms with Crippen LogP contribution in [0.4, 0.5) is 0 Å². The molecule has 2 fully saturated rings. The number of aliphatic hydroxyl groups excluding tert-OH is 2. The van der Waals surface area contributed by atoms with E-state index >= 15 is 0 Å². The van der Waals surface area contributed by atoms with Gasteiger partial charge in [0.1, 0.15) is 45.7 Å². The van der Waals surface area contributed by atoms with Crippen molar-refractivity contribution in [2.24, 2.45) is 0 Å². The summed E-state index contributed by atoms with van der Waals surface area (Å²) in [4.78, 5) is 82.2. The maximum Gasteiger partial charge on any atom is 0.202 e. The van der Waals surface area contributed by atoms with E-state index in [4.69, 9.17) is 28.4 Å². The number of benzene rings is 5. The zero-order valence-electron chi connectivity index (χ0n) is 46.7.